The van der Waals surface area contributed by atoms with E-state index in [4.69, 9.17) is 5.73 Å². The number of aryl methyl sites for hydroxylation is 1. The van der Waals surface area contributed by atoms with Crippen LogP contribution in [0.2, 0.25) is 0 Å². The fourth-order valence-electron chi connectivity index (χ4n) is 2.27. The molecule has 0 amide bonds. The van der Waals surface area contributed by atoms with E-state index in [-0.39, 0.29) is 5.75 Å². The van der Waals surface area contributed by atoms with Crippen molar-refractivity contribution in [3.63, 3.8) is 0 Å². The minimum atomic E-state index is -0.774. The summed E-state index contributed by atoms with van der Waals surface area (Å²) in [6.45, 7) is 2.09. The van der Waals surface area contributed by atoms with Crippen LogP contribution in [0.4, 0.5) is 0 Å². The Balaban J connectivity index is 2.70. The van der Waals surface area contributed by atoms with Gasteiger partial charge in [0.05, 0.1) is 6.04 Å². The average molecular weight is 243 g/mol. The zero-order valence-corrected chi connectivity index (χ0v) is 10.4. The van der Waals surface area contributed by atoms with Crippen LogP contribution in [0.5, 0.6) is 5.75 Å². The van der Waals surface area contributed by atoms with Crippen molar-refractivity contribution < 1.29 is 9.90 Å². The van der Waals surface area contributed by atoms with Gasteiger partial charge in [0.15, 0.2) is 0 Å². The minimum Gasteiger partial charge on any atom is -0.507 e. The van der Waals surface area contributed by atoms with Gasteiger partial charge in [0.25, 0.3) is 0 Å². The van der Waals surface area contributed by atoms with Crippen LogP contribution in [0.15, 0.2) is 30.3 Å². The third kappa shape index (κ3) is 2.09. The van der Waals surface area contributed by atoms with Crippen molar-refractivity contribution in [2.75, 3.05) is 0 Å². The third-order valence-electron chi connectivity index (χ3n) is 3.16. The Labute approximate surface area is 106 Å². The number of phenolic OH excluding ortho intramolecular Hbond substituents is 1. The van der Waals surface area contributed by atoms with Crippen LogP contribution >= 0.6 is 0 Å². The van der Waals surface area contributed by atoms with Gasteiger partial charge in [0.2, 0.25) is 0 Å². The lowest BCUT2D eigenvalue weighted by atomic mass is 9.96. The monoisotopic (exact) mass is 243 g/mol. The normalized spacial score (nSPS) is 12.6. The molecule has 0 aliphatic heterocycles. The molecule has 3 N–H and O–H groups in total. The second-order valence-electron chi connectivity index (χ2n) is 4.43. The predicted octanol–water partition coefficient (Wildman–Crippen LogP) is 2.70. The van der Waals surface area contributed by atoms with E-state index in [2.05, 4.69) is 6.92 Å². The second-order valence-corrected chi connectivity index (χ2v) is 4.43. The number of aromatic hydroxyl groups is 1. The Bertz CT molecular complexity index is 578. The smallest absolute Gasteiger partial charge is 0.141 e. The van der Waals surface area contributed by atoms with E-state index in [9.17, 15) is 9.90 Å². The number of rotatable bonds is 4. The summed E-state index contributed by atoms with van der Waals surface area (Å²) in [5.41, 5.74) is 7.26. The Kier molecular flexibility index (Phi) is 3.63. The molecule has 3 nitrogen and oxygen atoms in total. The number of carbonyl (C=O) groups is 1. The number of aldehydes is 1. The van der Waals surface area contributed by atoms with Crippen molar-refractivity contribution in [2.24, 2.45) is 5.73 Å². The number of fused-ring (bicyclic) bond motifs is 1. The lowest BCUT2D eigenvalue weighted by Crippen LogP contribution is -2.11. The molecule has 2 rings (SSSR count). The molecule has 94 valence electrons. The van der Waals surface area contributed by atoms with Crippen molar-refractivity contribution >= 4 is 17.1 Å². The summed E-state index contributed by atoms with van der Waals surface area (Å²) >= 11 is 0. The first-order valence-corrected chi connectivity index (χ1v) is 6.13. The van der Waals surface area contributed by atoms with E-state index in [1.54, 1.807) is 6.07 Å². The summed E-state index contributed by atoms with van der Waals surface area (Å²) in [5, 5.41) is 12.1. The van der Waals surface area contributed by atoms with Crippen LogP contribution in [0.25, 0.3) is 10.8 Å². The van der Waals surface area contributed by atoms with Gasteiger partial charge in [-0.15, -0.1) is 0 Å². The molecule has 0 bridgehead atoms. The van der Waals surface area contributed by atoms with E-state index in [1.807, 2.05) is 24.3 Å². The van der Waals surface area contributed by atoms with Gasteiger partial charge in [0, 0.05) is 10.9 Å². The van der Waals surface area contributed by atoms with Crippen LogP contribution in [-0.4, -0.2) is 11.4 Å². The van der Waals surface area contributed by atoms with Gasteiger partial charge in [-0.2, -0.15) is 0 Å². The molecular formula is C15H17NO2. The van der Waals surface area contributed by atoms with E-state index >= 15 is 0 Å². The van der Waals surface area contributed by atoms with Crippen molar-refractivity contribution in [1.29, 1.82) is 0 Å². The molecule has 2 aromatic carbocycles. The molecule has 0 saturated heterocycles. The zero-order chi connectivity index (χ0) is 13.1. The molecule has 0 spiro atoms. The van der Waals surface area contributed by atoms with Gasteiger partial charge in [-0.05, 0) is 17.4 Å². The molecule has 1 unspecified atom stereocenters. The number of hydrogen-bond donors (Lipinski definition) is 2. The Morgan fingerprint density at radius 1 is 1.33 bits per heavy atom. The number of nitrogens with two attached hydrogens (primary N) is 1. The van der Waals surface area contributed by atoms with Gasteiger partial charge in [-0.3, -0.25) is 0 Å². The Morgan fingerprint density at radius 3 is 2.78 bits per heavy atom. The molecule has 18 heavy (non-hydrogen) atoms. The summed E-state index contributed by atoms with van der Waals surface area (Å²) in [6.07, 6.45) is 2.54. The molecular weight excluding hydrogens is 226 g/mol. The topological polar surface area (TPSA) is 63.3 Å². The van der Waals surface area contributed by atoms with E-state index in [0.717, 1.165) is 29.2 Å². The molecule has 0 aromatic heterocycles. The lowest BCUT2D eigenvalue weighted by molar-refractivity contribution is -0.109. The van der Waals surface area contributed by atoms with Crippen molar-refractivity contribution in [2.45, 2.75) is 25.8 Å². The Morgan fingerprint density at radius 2 is 2.11 bits per heavy atom. The zero-order valence-electron chi connectivity index (χ0n) is 10.4. The highest BCUT2D eigenvalue weighted by atomic mass is 16.3. The van der Waals surface area contributed by atoms with Crippen molar-refractivity contribution in [3.8, 4) is 5.75 Å². The first-order chi connectivity index (χ1) is 8.69. The van der Waals surface area contributed by atoms with Crippen LogP contribution < -0.4 is 5.73 Å². The molecule has 0 heterocycles. The SMILES string of the molecule is CCCc1cccc2ccc(C(N)C=O)c(O)c12. The molecule has 0 fully saturated rings. The number of hydrogen-bond acceptors (Lipinski definition) is 3. The maximum atomic E-state index is 10.8. The summed E-state index contributed by atoms with van der Waals surface area (Å²) < 4.78 is 0. The van der Waals surface area contributed by atoms with Gasteiger partial charge >= 0.3 is 0 Å². The summed E-state index contributed by atoms with van der Waals surface area (Å²) in [5.74, 6) is 0.135. The molecule has 2 aromatic rings. The minimum absolute atomic E-state index is 0.135. The van der Waals surface area contributed by atoms with Crippen LogP contribution in [0.3, 0.4) is 0 Å². The van der Waals surface area contributed by atoms with E-state index < -0.39 is 6.04 Å². The van der Waals surface area contributed by atoms with Crippen LogP contribution in [0.1, 0.15) is 30.5 Å². The van der Waals surface area contributed by atoms with Crippen LogP contribution in [0, 0.1) is 0 Å². The van der Waals surface area contributed by atoms with E-state index in [1.165, 1.54) is 0 Å². The van der Waals surface area contributed by atoms with E-state index in [0.29, 0.717) is 11.8 Å². The third-order valence-corrected chi connectivity index (χ3v) is 3.16. The first kappa shape index (κ1) is 12.6. The molecule has 0 aliphatic rings. The molecule has 1 atom stereocenters. The summed E-state index contributed by atoms with van der Waals surface area (Å²) in [6, 6.07) is 8.77. The maximum absolute atomic E-state index is 10.8. The summed E-state index contributed by atoms with van der Waals surface area (Å²) in [7, 11) is 0. The summed E-state index contributed by atoms with van der Waals surface area (Å²) in [4.78, 5) is 10.8. The highest BCUT2D eigenvalue weighted by molar-refractivity contribution is 5.93. The quantitative estimate of drug-likeness (QED) is 0.811. The fourth-order valence-corrected chi connectivity index (χ4v) is 2.27. The number of benzene rings is 2. The molecule has 0 saturated carbocycles. The fraction of sp³-hybridized carbons (Fsp3) is 0.267. The maximum Gasteiger partial charge on any atom is 0.141 e. The average Bonchev–Trinajstić information content (AvgIpc) is 2.39. The molecule has 0 aliphatic carbocycles. The molecule has 0 radical (unpaired) electrons. The highest BCUT2D eigenvalue weighted by Gasteiger charge is 2.14. The predicted molar refractivity (Wildman–Crippen MR) is 72.6 cm³/mol. The first-order valence-electron chi connectivity index (χ1n) is 6.13. The number of phenols is 1. The highest BCUT2D eigenvalue weighted by Crippen LogP contribution is 2.34. The molecule has 3 heteroatoms. The number of carbonyl (C=O) groups excluding carboxylic acids is 1. The standard InChI is InChI=1S/C15H17NO2/c1-2-4-10-5-3-6-11-7-8-12(13(16)9-17)15(18)14(10)11/h3,5-9,13,18H,2,4,16H2,1H3. The van der Waals surface area contributed by atoms with Gasteiger partial charge in [0.1, 0.15) is 12.0 Å². The van der Waals surface area contributed by atoms with Crippen molar-refractivity contribution in [1.82, 2.24) is 0 Å². The van der Waals surface area contributed by atoms with Crippen molar-refractivity contribution in [3.05, 3.63) is 41.5 Å². The lowest BCUT2D eigenvalue weighted by Gasteiger charge is -2.13. The van der Waals surface area contributed by atoms with Gasteiger partial charge in [-0.25, -0.2) is 0 Å². The van der Waals surface area contributed by atoms with Gasteiger partial charge in [-0.1, -0.05) is 43.7 Å². The van der Waals surface area contributed by atoms with Crippen LogP contribution in [-0.2, 0) is 11.2 Å². The largest absolute Gasteiger partial charge is 0.507 e. The Hall–Kier alpha value is -1.87. The second kappa shape index (κ2) is 5.19. The van der Waals surface area contributed by atoms with Gasteiger partial charge < -0.3 is 15.6 Å².